The monoisotopic (exact) mass is 291 g/mol. The molecule has 2 atom stereocenters. The Morgan fingerprint density at radius 1 is 1.43 bits per heavy atom. The van der Waals surface area contributed by atoms with E-state index in [-0.39, 0.29) is 11.8 Å². The van der Waals surface area contributed by atoms with Gasteiger partial charge in [0.25, 0.3) is 5.91 Å². The van der Waals surface area contributed by atoms with Gasteiger partial charge in [0, 0.05) is 32.4 Å². The molecule has 0 aromatic carbocycles. The summed E-state index contributed by atoms with van der Waals surface area (Å²) >= 11 is 0. The average molecular weight is 291 g/mol. The largest absolute Gasteiger partial charge is 0.391 e. The van der Waals surface area contributed by atoms with Crippen molar-refractivity contribution in [1.82, 2.24) is 9.88 Å². The third-order valence-corrected chi connectivity index (χ3v) is 4.29. The molecule has 0 radical (unpaired) electrons. The number of aliphatic hydroxyl groups excluding tert-OH is 1. The second-order valence-corrected chi connectivity index (χ2v) is 5.66. The molecular formula is C16H25N3O2. The third-order valence-electron chi connectivity index (χ3n) is 4.29. The highest BCUT2D eigenvalue weighted by Gasteiger charge is 2.27. The topological polar surface area (TPSA) is 56.7 Å². The molecule has 1 aliphatic rings. The maximum absolute atomic E-state index is 12.4. The molecule has 116 valence electrons. The summed E-state index contributed by atoms with van der Waals surface area (Å²) in [5, 5.41) is 9.91. The lowest BCUT2D eigenvalue weighted by molar-refractivity contribution is 0.0248. The number of hydrogen-bond acceptors (Lipinski definition) is 4. The van der Waals surface area contributed by atoms with Crippen LogP contribution >= 0.6 is 0 Å². The van der Waals surface area contributed by atoms with Crippen molar-refractivity contribution in [1.29, 1.82) is 0 Å². The molecule has 2 heterocycles. The maximum atomic E-state index is 12.4. The van der Waals surface area contributed by atoms with E-state index in [2.05, 4.69) is 23.7 Å². The van der Waals surface area contributed by atoms with Gasteiger partial charge >= 0.3 is 0 Å². The van der Waals surface area contributed by atoms with Crippen molar-refractivity contribution in [2.24, 2.45) is 5.92 Å². The van der Waals surface area contributed by atoms with Crippen LogP contribution in [0.25, 0.3) is 0 Å². The number of amides is 1. The fourth-order valence-electron chi connectivity index (χ4n) is 2.66. The average Bonchev–Trinajstić information content (AvgIpc) is 2.51. The Kier molecular flexibility index (Phi) is 5.17. The Morgan fingerprint density at radius 2 is 2.14 bits per heavy atom. The number of rotatable bonds is 4. The summed E-state index contributed by atoms with van der Waals surface area (Å²) < 4.78 is 0. The van der Waals surface area contributed by atoms with E-state index < -0.39 is 6.10 Å². The first-order chi connectivity index (χ1) is 10.1. The fourth-order valence-corrected chi connectivity index (χ4v) is 2.66. The van der Waals surface area contributed by atoms with E-state index in [9.17, 15) is 9.90 Å². The zero-order valence-electron chi connectivity index (χ0n) is 13.1. The molecule has 2 rings (SSSR count). The summed E-state index contributed by atoms with van der Waals surface area (Å²) in [6.45, 7) is 9.10. The van der Waals surface area contributed by atoms with Gasteiger partial charge in [0.2, 0.25) is 0 Å². The SMILES string of the molecule is CCN(CC)c1ccc(C(=O)N2CCC(C)C(O)C2)cn1. The minimum Gasteiger partial charge on any atom is -0.391 e. The number of carbonyl (C=O) groups excluding carboxylic acids is 1. The highest BCUT2D eigenvalue weighted by molar-refractivity contribution is 5.94. The highest BCUT2D eigenvalue weighted by atomic mass is 16.3. The number of piperidine rings is 1. The van der Waals surface area contributed by atoms with Crippen LogP contribution in [0.15, 0.2) is 18.3 Å². The number of likely N-dealkylation sites (tertiary alicyclic amines) is 1. The van der Waals surface area contributed by atoms with E-state index in [1.165, 1.54) is 0 Å². The molecule has 1 saturated heterocycles. The maximum Gasteiger partial charge on any atom is 0.255 e. The highest BCUT2D eigenvalue weighted by Crippen LogP contribution is 2.19. The number of nitrogens with zero attached hydrogens (tertiary/aromatic N) is 3. The summed E-state index contributed by atoms with van der Waals surface area (Å²) in [6.07, 6.45) is 2.06. The Hall–Kier alpha value is -1.62. The number of aliphatic hydroxyl groups is 1. The van der Waals surface area contributed by atoms with E-state index >= 15 is 0 Å². The van der Waals surface area contributed by atoms with Gasteiger partial charge in [0.1, 0.15) is 5.82 Å². The molecule has 1 amide bonds. The van der Waals surface area contributed by atoms with E-state index in [1.807, 2.05) is 19.1 Å². The van der Waals surface area contributed by atoms with Gasteiger partial charge in [0.15, 0.2) is 0 Å². The van der Waals surface area contributed by atoms with Gasteiger partial charge in [0.05, 0.1) is 11.7 Å². The number of aromatic nitrogens is 1. The molecule has 2 unspecified atom stereocenters. The van der Waals surface area contributed by atoms with Crippen LogP contribution in [0.4, 0.5) is 5.82 Å². The van der Waals surface area contributed by atoms with E-state index in [4.69, 9.17) is 0 Å². The Balaban J connectivity index is 2.06. The lowest BCUT2D eigenvalue weighted by atomic mass is 9.95. The second-order valence-electron chi connectivity index (χ2n) is 5.66. The first-order valence-corrected chi connectivity index (χ1v) is 7.75. The van der Waals surface area contributed by atoms with Crippen molar-refractivity contribution in [2.75, 3.05) is 31.1 Å². The molecule has 0 aliphatic carbocycles. The fraction of sp³-hybridized carbons (Fsp3) is 0.625. The van der Waals surface area contributed by atoms with Gasteiger partial charge in [-0.3, -0.25) is 4.79 Å². The van der Waals surface area contributed by atoms with Gasteiger partial charge in [-0.25, -0.2) is 4.98 Å². The Bertz CT molecular complexity index is 471. The van der Waals surface area contributed by atoms with Crippen LogP contribution in [0.5, 0.6) is 0 Å². The standard InChI is InChI=1S/C16H25N3O2/c1-4-18(5-2)15-7-6-13(10-17-15)16(21)19-9-8-12(3)14(20)11-19/h6-7,10,12,14,20H,4-5,8-9,11H2,1-3H3. The van der Waals surface area contributed by atoms with Crippen molar-refractivity contribution < 1.29 is 9.90 Å². The minimum atomic E-state index is -0.425. The lowest BCUT2D eigenvalue weighted by Crippen LogP contribution is -2.45. The third kappa shape index (κ3) is 3.53. The van der Waals surface area contributed by atoms with Crippen molar-refractivity contribution >= 4 is 11.7 Å². The molecule has 0 bridgehead atoms. The Morgan fingerprint density at radius 3 is 2.67 bits per heavy atom. The molecule has 1 aliphatic heterocycles. The van der Waals surface area contributed by atoms with E-state index in [0.29, 0.717) is 18.7 Å². The van der Waals surface area contributed by atoms with Crippen molar-refractivity contribution in [3.63, 3.8) is 0 Å². The predicted octanol–water partition coefficient (Wildman–Crippen LogP) is 1.77. The van der Waals surface area contributed by atoms with Gasteiger partial charge in [-0.2, -0.15) is 0 Å². The van der Waals surface area contributed by atoms with Gasteiger partial charge < -0.3 is 14.9 Å². The van der Waals surface area contributed by atoms with Gasteiger partial charge in [-0.05, 0) is 38.3 Å². The summed E-state index contributed by atoms with van der Waals surface area (Å²) in [5.74, 6) is 1.11. The molecule has 5 nitrogen and oxygen atoms in total. The number of β-amino-alcohol motifs (C(OH)–C–C–N with tert-alkyl or cyclic N) is 1. The molecule has 1 aromatic rings. The van der Waals surface area contributed by atoms with Gasteiger partial charge in [-0.1, -0.05) is 6.92 Å². The zero-order valence-corrected chi connectivity index (χ0v) is 13.1. The summed E-state index contributed by atoms with van der Waals surface area (Å²) in [7, 11) is 0. The second kappa shape index (κ2) is 6.89. The molecule has 1 fully saturated rings. The summed E-state index contributed by atoms with van der Waals surface area (Å²) in [6, 6.07) is 3.72. The lowest BCUT2D eigenvalue weighted by Gasteiger charge is -2.34. The van der Waals surface area contributed by atoms with Crippen LogP contribution < -0.4 is 4.90 Å². The smallest absolute Gasteiger partial charge is 0.255 e. The molecule has 0 spiro atoms. The van der Waals surface area contributed by atoms with Crippen molar-refractivity contribution in [2.45, 2.75) is 33.3 Å². The molecule has 0 saturated carbocycles. The van der Waals surface area contributed by atoms with Crippen LogP contribution in [0.2, 0.25) is 0 Å². The van der Waals surface area contributed by atoms with Crippen LogP contribution in [-0.4, -0.2) is 53.2 Å². The first kappa shape index (κ1) is 15.8. The molecule has 1 N–H and O–H groups in total. The molecule has 21 heavy (non-hydrogen) atoms. The predicted molar refractivity (Wildman–Crippen MR) is 83.5 cm³/mol. The van der Waals surface area contributed by atoms with Crippen LogP contribution in [-0.2, 0) is 0 Å². The summed E-state index contributed by atoms with van der Waals surface area (Å²) in [5.41, 5.74) is 0.590. The number of pyridine rings is 1. The van der Waals surface area contributed by atoms with Crippen molar-refractivity contribution in [3.05, 3.63) is 23.9 Å². The molecule has 1 aromatic heterocycles. The number of anilines is 1. The van der Waals surface area contributed by atoms with Gasteiger partial charge in [-0.15, -0.1) is 0 Å². The normalized spacial score (nSPS) is 22.2. The zero-order chi connectivity index (χ0) is 15.4. The van der Waals surface area contributed by atoms with Crippen LogP contribution in [0, 0.1) is 5.92 Å². The van der Waals surface area contributed by atoms with Crippen LogP contribution in [0.3, 0.4) is 0 Å². The van der Waals surface area contributed by atoms with E-state index in [1.54, 1.807) is 11.1 Å². The number of hydrogen-bond donors (Lipinski definition) is 1. The van der Waals surface area contributed by atoms with Crippen LogP contribution in [0.1, 0.15) is 37.6 Å². The molecule has 5 heteroatoms. The van der Waals surface area contributed by atoms with E-state index in [0.717, 1.165) is 25.3 Å². The van der Waals surface area contributed by atoms with Crippen molar-refractivity contribution in [3.8, 4) is 0 Å². The number of carbonyl (C=O) groups is 1. The summed E-state index contributed by atoms with van der Waals surface area (Å²) in [4.78, 5) is 20.7. The quantitative estimate of drug-likeness (QED) is 0.918. The first-order valence-electron chi connectivity index (χ1n) is 7.75. The Labute approximate surface area is 126 Å². The minimum absolute atomic E-state index is 0.0421. The molecular weight excluding hydrogens is 266 g/mol.